The van der Waals surface area contributed by atoms with Gasteiger partial charge in [0.15, 0.2) is 0 Å². The van der Waals surface area contributed by atoms with Gasteiger partial charge in [-0.15, -0.1) is 0 Å². The van der Waals surface area contributed by atoms with Gasteiger partial charge in [-0.05, 0) is 101 Å². The maximum absolute atomic E-state index is 5.19. The normalized spacial score (nSPS) is 16.8. The van der Waals surface area contributed by atoms with E-state index in [1.54, 1.807) is 0 Å². The molecule has 0 saturated carbocycles. The molecule has 3 aromatic carbocycles. The first-order valence-electron chi connectivity index (χ1n) is 15.5. The van der Waals surface area contributed by atoms with E-state index in [2.05, 4.69) is 83.2 Å². The van der Waals surface area contributed by atoms with E-state index in [0.717, 1.165) is 80.2 Å². The first-order valence-corrected chi connectivity index (χ1v) is 15.5. The Bertz CT molecular complexity index is 1930. The molecular formula is C39H38N6. The summed E-state index contributed by atoms with van der Waals surface area (Å²) in [4.78, 5) is 30.5. The van der Waals surface area contributed by atoms with E-state index in [1.165, 1.54) is 11.1 Å². The lowest BCUT2D eigenvalue weighted by Crippen LogP contribution is -2.25. The number of hydrogen-bond acceptors (Lipinski definition) is 6. The van der Waals surface area contributed by atoms with E-state index in [0.29, 0.717) is 6.42 Å². The van der Waals surface area contributed by atoms with Crippen LogP contribution in [0.25, 0.3) is 0 Å². The van der Waals surface area contributed by atoms with Crippen LogP contribution in [0.3, 0.4) is 0 Å². The number of nitrogens with zero attached hydrogens (tertiary/aromatic N) is 6. The Labute approximate surface area is 265 Å². The maximum Gasteiger partial charge on any atom is 0.0920 e. The molecule has 0 amide bonds. The zero-order chi connectivity index (χ0) is 31.5. The Morgan fingerprint density at radius 2 is 1.24 bits per heavy atom. The fourth-order valence-corrected chi connectivity index (χ4v) is 5.72. The van der Waals surface area contributed by atoms with Gasteiger partial charge in [0.25, 0.3) is 0 Å². The Kier molecular flexibility index (Phi) is 8.56. The molecule has 0 saturated heterocycles. The summed E-state index contributed by atoms with van der Waals surface area (Å²) in [6.07, 6.45) is 5.57. The number of aryl methyl sites for hydroxylation is 4. The van der Waals surface area contributed by atoms with E-state index in [4.69, 9.17) is 29.9 Å². The number of fused-ring (bicyclic) bond motifs is 1. The van der Waals surface area contributed by atoms with Gasteiger partial charge in [0.05, 0.1) is 63.0 Å². The summed E-state index contributed by atoms with van der Waals surface area (Å²) in [5, 5.41) is 0. The predicted molar refractivity (Wildman–Crippen MR) is 190 cm³/mol. The number of para-hydroxylation sites is 4. The fourth-order valence-electron chi connectivity index (χ4n) is 5.72. The van der Waals surface area contributed by atoms with Crippen LogP contribution >= 0.6 is 0 Å². The predicted octanol–water partition coefficient (Wildman–Crippen LogP) is 9.62. The highest BCUT2D eigenvalue weighted by atomic mass is 14.9. The summed E-state index contributed by atoms with van der Waals surface area (Å²) in [7, 11) is 0. The minimum absolute atomic E-state index is 0.0594. The SMILES string of the molecule is CC(=Nc1c(C)cccc1C)c1cccc(C2=Nc3ccccc3N=C(C3=NC(C(C)=Nc4c(C)cccc4C)CC=C3)C2)n1. The third kappa shape index (κ3) is 6.55. The van der Waals surface area contributed by atoms with Crippen molar-refractivity contribution in [3.8, 4) is 0 Å². The molecule has 4 aromatic rings. The molecule has 0 bridgehead atoms. The zero-order valence-corrected chi connectivity index (χ0v) is 26.8. The first-order chi connectivity index (χ1) is 21.8. The van der Waals surface area contributed by atoms with Gasteiger partial charge < -0.3 is 0 Å². The number of allylic oxidation sites excluding steroid dienone is 1. The van der Waals surface area contributed by atoms with Crippen LogP contribution in [0.5, 0.6) is 0 Å². The average molecular weight is 591 g/mol. The molecular weight excluding hydrogens is 552 g/mol. The van der Waals surface area contributed by atoms with Gasteiger partial charge in [0.2, 0.25) is 0 Å². The van der Waals surface area contributed by atoms with Crippen LogP contribution in [0, 0.1) is 27.7 Å². The quantitative estimate of drug-likeness (QED) is 0.206. The minimum Gasteiger partial charge on any atom is -0.274 e. The number of aliphatic imine (C=N–C) groups is 5. The smallest absolute Gasteiger partial charge is 0.0920 e. The van der Waals surface area contributed by atoms with Crippen molar-refractivity contribution in [2.45, 2.75) is 60.4 Å². The van der Waals surface area contributed by atoms with E-state index < -0.39 is 0 Å². The summed E-state index contributed by atoms with van der Waals surface area (Å²) < 4.78 is 0. The molecule has 1 atom stereocenters. The second-order valence-corrected chi connectivity index (χ2v) is 11.8. The summed E-state index contributed by atoms with van der Waals surface area (Å²) in [5.41, 5.74) is 14.3. The fraction of sp³-hybridized carbons (Fsp3) is 0.231. The average Bonchev–Trinajstić information content (AvgIpc) is 3.25. The number of benzene rings is 3. The van der Waals surface area contributed by atoms with Gasteiger partial charge in [0.1, 0.15) is 0 Å². The van der Waals surface area contributed by atoms with Crippen LogP contribution < -0.4 is 0 Å². The van der Waals surface area contributed by atoms with Crippen molar-refractivity contribution >= 4 is 51.3 Å². The van der Waals surface area contributed by atoms with Crippen LogP contribution in [-0.2, 0) is 0 Å². The highest BCUT2D eigenvalue weighted by Gasteiger charge is 2.23. The molecule has 1 aromatic heterocycles. The minimum atomic E-state index is -0.0594. The zero-order valence-electron chi connectivity index (χ0n) is 26.8. The summed E-state index contributed by atoms with van der Waals surface area (Å²) in [5.74, 6) is 0. The molecule has 3 heterocycles. The highest BCUT2D eigenvalue weighted by Crippen LogP contribution is 2.32. The molecule has 45 heavy (non-hydrogen) atoms. The molecule has 0 aliphatic carbocycles. The molecule has 2 aliphatic heterocycles. The summed E-state index contributed by atoms with van der Waals surface area (Å²) in [6.45, 7) is 12.5. The molecule has 6 heteroatoms. The van der Waals surface area contributed by atoms with Gasteiger partial charge in [0, 0.05) is 12.1 Å². The molecule has 1 unspecified atom stereocenters. The lowest BCUT2D eigenvalue weighted by Gasteiger charge is -2.18. The first kappa shape index (κ1) is 29.9. The van der Waals surface area contributed by atoms with Gasteiger partial charge in [-0.3, -0.25) is 15.0 Å². The summed E-state index contributed by atoms with van der Waals surface area (Å²) in [6, 6.07) is 26.5. The number of hydrogen-bond donors (Lipinski definition) is 0. The van der Waals surface area contributed by atoms with Crippen LogP contribution in [0.2, 0.25) is 0 Å². The Morgan fingerprint density at radius 3 is 1.89 bits per heavy atom. The third-order valence-electron chi connectivity index (χ3n) is 8.30. The number of aromatic nitrogens is 1. The standard InChI is InChI=1S/C39H38N6/c1-24-13-9-14-25(2)38(24)40-28(5)30-19-11-21-34(42-30)36-23-37(45-33-18-8-7-17-32(33)44-36)35-22-12-20-31(43-35)29(6)41-39-26(3)15-10-16-27(39)4/h7-19,21-22,31H,20,23H2,1-6H3. The van der Waals surface area contributed by atoms with Crippen LogP contribution in [0.1, 0.15) is 60.3 Å². The van der Waals surface area contributed by atoms with Crippen molar-refractivity contribution < 1.29 is 0 Å². The lowest BCUT2D eigenvalue weighted by molar-refractivity contribution is 0.864. The second-order valence-electron chi connectivity index (χ2n) is 11.8. The number of dihydropyridines is 1. The van der Waals surface area contributed by atoms with E-state index in [-0.39, 0.29) is 6.04 Å². The molecule has 0 fully saturated rings. The molecule has 6 nitrogen and oxygen atoms in total. The largest absolute Gasteiger partial charge is 0.274 e. The Balaban J connectivity index is 1.35. The van der Waals surface area contributed by atoms with Crippen molar-refractivity contribution in [1.82, 2.24) is 4.98 Å². The maximum atomic E-state index is 5.19. The number of rotatable bonds is 6. The molecule has 0 radical (unpaired) electrons. The van der Waals surface area contributed by atoms with Crippen molar-refractivity contribution in [3.63, 3.8) is 0 Å². The third-order valence-corrected chi connectivity index (χ3v) is 8.30. The molecule has 0 spiro atoms. The molecule has 2 aliphatic rings. The monoisotopic (exact) mass is 590 g/mol. The van der Waals surface area contributed by atoms with Gasteiger partial charge >= 0.3 is 0 Å². The van der Waals surface area contributed by atoms with Gasteiger partial charge in [-0.1, -0.05) is 60.7 Å². The van der Waals surface area contributed by atoms with Crippen LogP contribution in [-0.4, -0.2) is 39.6 Å². The topological polar surface area (TPSA) is 74.7 Å². The van der Waals surface area contributed by atoms with Crippen LogP contribution in [0.15, 0.2) is 116 Å². The van der Waals surface area contributed by atoms with E-state index in [1.807, 2.05) is 49.4 Å². The molecule has 224 valence electrons. The van der Waals surface area contributed by atoms with Crippen molar-refractivity contribution in [1.29, 1.82) is 0 Å². The lowest BCUT2D eigenvalue weighted by atomic mass is 10.00. The number of pyridine rings is 1. The Morgan fingerprint density at radius 1 is 0.667 bits per heavy atom. The van der Waals surface area contributed by atoms with Gasteiger partial charge in [-0.25, -0.2) is 15.0 Å². The highest BCUT2D eigenvalue weighted by molar-refractivity contribution is 6.50. The Hall–Kier alpha value is -5.10. The molecule has 6 rings (SSSR count). The van der Waals surface area contributed by atoms with E-state index >= 15 is 0 Å². The van der Waals surface area contributed by atoms with Gasteiger partial charge in [-0.2, -0.15) is 0 Å². The molecule has 0 N–H and O–H groups in total. The van der Waals surface area contributed by atoms with E-state index in [9.17, 15) is 0 Å². The van der Waals surface area contributed by atoms with Crippen molar-refractivity contribution in [2.75, 3.05) is 0 Å². The second kappa shape index (κ2) is 12.9. The summed E-state index contributed by atoms with van der Waals surface area (Å²) >= 11 is 0. The van der Waals surface area contributed by atoms with Crippen molar-refractivity contribution in [2.24, 2.45) is 25.0 Å². The van der Waals surface area contributed by atoms with Crippen LogP contribution in [0.4, 0.5) is 22.7 Å². The van der Waals surface area contributed by atoms with Crippen molar-refractivity contribution in [3.05, 3.63) is 125 Å².